The predicted octanol–water partition coefficient (Wildman–Crippen LogP) is 15.1. The molecule has 11 rings (SSSR count). The van der Waals surface area contributed by atoms with E-state index in [0.29, 0.717) is 0 Å². The van der Waals surface area contributed by atoms with Gasteiger partial charge in [0.25, 0.3) is 0 Å². The average molecular weight is 704 g/mol. The maximum atomic E-state index is 7.03. The average Bonchev–Trinajstić information content (AvgIpc) is 3.84. The Morgan fingerprint density at radius 3 is 1.56 bits per heavy atom. The third-order valence-electron chi connectivity index (χ3n) is 10.8. The Morgan fingerprint density at radius 1 is 0.291 bits per heavy atom. The molecule has 0 bridgehead atoms. The summed E-state index contributed by atoms with van der Waals surface area (Å²) in [6, 6.07) is 70.8. The van der Waals surface area contributed by atoms with Gasteiger partial charge in [0.2, 0.25) is 0 Å². The number of benzene rings is 9. The number of para-hydroxylation sites is 2. The number of rotatable bonds is 6. The molecule has 2 heterocycles. The van der Waals surface area contributed by atoms with E-state index in [-0.39, 0.29) is 0 Å². The normalized spacial score (nSPS) is 11.6. The Bertz CT molecular complexity index is 3180. The van der Waals surface area contributed by atoms with Crippen molar-refractivity contribution in [2.75, 3.05) is 4.90 Å². The van der Waals surface area contributed by atoms with Gasteiger partial charge in [-0.2, -0.15) is 0 Å². The molecule has 3 heteroatoms. The number of nitrogens with zero attached hydrogens (tertiary/aromatic N) is 1. The third-order valence-corrected chi connectivity index (χ3v) is 10.8. The van der Waals surface area contributed by atoms with Gasteiger partial charge in [0.15, 0.2) is 5.58 Å². The predicted molar refractivity (Wildman–Crippen MR) is 229 cm³/mol. The molecule has 0 spiro atoms. The standard InChI is InChI=1S/C52H33NO2/c1-4-15-34(16-5-1)35-27-29-38(30-28-35)53(48-25-14-24-43-41-22-12-13-26-49(41)54-52(43)48)39-31-45(37-19-8-3-9-20-37)51-46(32-39)47-33-44(36-17-6-2-7-18-36)40-21-10-11-23-42(40)50(47)55-51/h1-33H. The summed E-state index contributed by atoms with van der Waals surface area (Å²) in [6.07, 6.45) is 0. The summed E-state index contributed by atoms with van der Waals surface area (Å²) >= 11 is 0. The first-order valence-corrected chi connectivity index (χ1v) is 18.7. The van der Waals surface area contributed by atoms with Crippen LogP contribution in [0.4, 0.5) is 17.1 Å². The minimum atomic E-state index is 0.839. The molecule has 9 aromatic carbocycles. The maximum absolute atomic E-state index is 7.03. The summed E-state index contributed by atoms with van der Waals surface area (Å²) < 4.78 is 13.7. The van der Waals surface area contributed by atoms with E-state index < -0.39 is 0 Å². The van der Waals surface area contributed by atoms with Gasteiger partial charge in [0, 0.05) is 43.9 Å². The van der Waals surface area contributed by atoms with Gasteiger partial charge in [-0.05, 0) is 75.7 Å². The zero-order valence-corrected chi connectivity index (χ0v) is 29.8. The molecule has 0 saturated carbocycles. The van der Waals surface area contributed by atoms with Gasteiger partial charge in [0.1, 0.15) is 16.7 Å². The number of furan rings is 2. The smallest absolute Gasteiger partial charge is 0.159 e. The molecule has 0 fully saturated rings. The van der Waals surface area contributed by atoms with Crippen molar-refractivity contribution >= 4 is 71.7 Å². The Hall–Kier alpha value is -7.36. The van der Waals surface area contributed by atoms with E-state index >= 15 is 0 Å². The highest BCUT2D eigenvalue weighted by Gasteiger charge is 2.24. The van der Waals surface area contributed by atoms with Crippen LogP contribution in [0.2, 0.25) is 0 Å². The number of hydrogen-bond donors (Lipinski definition) is 0. The highest BCUT2D eigenvalue weighted by molar-refractivity contribution is 6.21. The molecule has 11 aromatic rings. The van der Waals surface area contributed by atoms with E-state index in [0.717, 1.165) is 83.0 Å². The molecule has 2 aromatic heterocycles. The van der Waals surface area contributed by atoms with Gasteiger partial charge in [-0.25, -0.2) is 0 Å². The van der Waals surface area contributed by atoms with Crippen LogP contribution in [-0.2, 0) is 0 Å². The Morgan fingerprint density at radius 2 is 0.836 bits per heavy atom. The van der Waals surface area contributed by atoms with Crippen LogP contribution in [0.15, 0.2) is 209 Å². The van der Waals surface area contributed by atoms with Crippen molar-refractivity contribution in [3.8, 4) is 33.4 Å². The summed E-state index contributed by atoms with van der Waals surface area (Å²) in [6.45, 7) is 0. The SMILES string of the molecule is c1ccc(-c2ccc(N(c3cc(-c4ccccc4)c4oc5c6ccccc6c(-c6ccccc6)cc5c4c3)c3cccc4c3oc3ccccc34)cc2)cc1. The minimum Gasteiger partial charge on any atom is -0.455 e. The molecule has 0 aliphatic heterocycles. The number of fused-ring (bicyclic) bond motifs is 8. The largest absolute Gasteiger partial charge is 0.455 e. The van der Waals surface area contributed by atoms with Crippen LogP contribution in [0, 0.1) is 0 Å². The maximum Gasteiger partial charge on any atom is 0.159 e. The molecule has 0 radical (unpaired) electrons. The summed E-state index contributed by atoms with van der Waals surface area (Å²) in [7, 11) is 0. The lowest BCUT2D eigenvalue weighted by atomic mass is 9.94. The molecule has 3 nitrogen and oxygen atoms in total. The van der Waals surface area contributed by atoms with Gasteiger partial charge in [0.05, 0.1) is 5.69 Å². The molecule has 0 atom stereocenters. The Balaban J connectivity index is 1.23. The van der Waals surface area contributed by atoms with Crippen molar-refractivity contribution in [2.24, 2.45) is 0 Å². The second-order valence-electron chi connectivity index (χ2n) is 14.1. The lowest BCUT2D eigenvalue weighted by molar-refractivity contribution is 0.669. The molecule has 258 valence electrons. The van der Waals surface area contributed by atoms with E-state index in [4.69, 9.17) is 8.83 Å². The van der Waals surface area contributed by atoms with Gasteiger partial charge < -0.3 is 13.7 Å². The van der Waals surface area contributed by atoms with Gasteiger partial charge in [-0.1, -0.05) is 158 Å². The molecule has 0 saturated heterocycles. The highest BCUT2D eigenvalue weighted by Crippen LogP contribution is 2.48. The van der Waals surface area contributed by atoms with Crippen molar-refractivity contribution < 1.29 is 8.83 Å². The topological polar surface area (TPSA) is 29.5 Å². The van der Waals surface area contributed by atoms with Crippen molar-refractivity contribution in [3.05, 3.63) is 200 Å². The Kier molecular flexibility index (Phi) is 7.17. The molecule has 0 aliphatic carbocycles. The fourth-order valence-electron chi connectivity index (χ4n) is 8.27. The van der Waals surface area contributed by atoms with Crippen molar-refractivity contribution in [3.63, 3.8) is 0 Å². The van der Waals surface area contributed by atoms with Crippen LogP contribution in [0.1, 0.15) is 0 Å². The second-order valence-corrected chi connectivity index (χ2v) is 14.1. The first kappa shape index (κ1) is 31.2. The first-order chi connectivity index (χ1) is 27.3. The lowest BCUT2D eigenvalue weighted by Crippen LogP contribution is -2.10. The quantitative estimate of drug-likeness (QED) is 0.173. The number of hydrogen-bond acceptors (Lipinski definition) is 3. The zero-order valence-electron chi connectivity index (χ0n) is 29.8. The van der Waals surface area contributed by atoms with Crippen LogP contribution in [-0.4, -0.2) is 0 Å². The summed E-state index contributed by atoms with van der Waals surface area (Å²) in [5.41, 5.74) is 13.2. The summed E-state index contributed by atoms with van der Waals surface area (Å²) in [5.74, 6) is 0. The van der Waals surface area contributed by atoms with E-state index in [9.17, 15) is 0 Å². The second kappa shape index (κ2) is 12.6. The Labute approximate surface area is 317 Å². The molecule has 0 amide bonds. The van der Waals surface area contributed by atoms with E-state index in [1.54, 1.807) is 0 Å². The van der Waals surface area contributed by atoms with Gasteiger partial charge in [-0.3, -0.25) is 0 Å². The molecule has 0 aliphatic rings. The highest BCUT2D eigenvalue weighted by atomic mass is 16.3. The zero-order chi connectivity index (χ0) is 36.3. The number of anilines is 3. The van der Waals surface area contributed by atoms with Crippen LogP contribution < -0.4 is 4.90 Å². The van der Waals surface area contributed by atoms with E-state index in [1.165, 1.54) is 22.1 Å². The summed E-state index contributed by atoms with van der Waals surface area (Å²) in [5, 5.41) is 6.57. The monoisotopic (exact) mass is 703 g/mol. The lowest BCUT2D eigenvalue weighted by Gasteiger charge is -2.26. The molecule has 55 heavy (non-hydrogen) atoms. The molecule has 0 N–H and O–H groups in total. The van der Waals surface area contributed by atoms with Gasteiger partial charge >= 0.3 is 0 Å². The van der Waals surface area contributed by atoms with E-state index in [2.05, 4.69) is 193 Å². The molecule has 0 unspecified atom stereocenters. The van der Waals surface area contributed by atoms with Crippen molar-refractivity contribution in [2.45, 2.75) is 0 Å². The van der Waals surface area contributed by atoms with Crippen LogP contribution in [0.5, 0.6) is 0 Å². The van der Waals surface area contributed by atoms with Gasteiger partial charge in [-0.15, -0.1) is 0 Å². The van der Waals surface area contributed by atoms with Crippen LogP contribution in [0.25, 0.3) is 88.0 Å². The van der Waals surface area contributed by atoms with Crippen LogP contribution in [0.3, 0.4) is 0 Å². The fourth-order valence-corrected chi connectivity index (χ4v) is 8.27. The minimum absolute atomic E-state index is 0.839. The third kappa shape index (κ3) is 5.13. The molecular formula is C52H33NO2. The first-order valence-electron chi connectivity index (χ1n) is 18.7. The van der Waals surface area contributed by atoms with Crippen molar-refractivity contribution in [1.82, 2.24) is 0 Å². The summed E-state index contributed by atoms with van der Waals surface area (Å²) in [4.78, 5) is 2.34. The van der Waals surface area contributed by atoms with E-state index in [1.807, 2.05) is 12.1 Å². The molecular weight excluding hydrogens is 671 g/mol. The van der Waals surface area contributed by atoms with Crippen molar-refractivity contribution in [1.29, 1.82) is 0 Å². The van der Waals surface area contributed by atoms with Crippen LogP contribution >= 0.6 is 0 Å². The fraction of sp³-hybridized carbons (Fsp3) is 0.